The molecule has 1 heterocycles. The Morgan fingerprint density at radius 3 is 2.67 bits per heavy atom. The van der Waals surface area contributed by atoms with Gasteiger partial charge in [-0.2, -0.15) is 9.78 Å². The highest BCUT2D eigenvalue weighted by Gasteiger charge is 2.05. The van der Waals surface area contributed by atoms with Crippen LogP contribution in [0.5, 0.6) is 0 Å². The van der Waals surface area contributed by atoms with Crippen molar-refractivity contribution in [3.05, 3.63) is 75.5 Å². The van der Waals surface area contributed by atoms with E-state index in [9.17, 15) is 0 Å². The first-order valence-corrected chi connectivity index (χ1v) is 8.94. The van der Waals surface area contributed by atoms with Crippen molar-refractivity contribution in [1.29, 1.82) is 0 Å². The van der Waals surface area contributed by atoms with E-state index < -0.39 is 0 Å². The minimum Gasteiger partial charge on any atom is -0.195 e. The van der Waals surface area contributed by atoms with E-state index in [0.29, 0.717) is 10.0 Å². The van der Waals surface area contributed by atoms with Gasteiger partial charge in [-0.3, -0.25) is 0 Å². The quantitative estimate of drug-likeness (QED) is 0.461. The zero-order valence-corrected chi connectivity index (χ0v) is 15.2. The number of aryl methyl sites for hydroxylation is 1. The van der Waals surface area contributed by atoms with Gasteiger partial charge >= 0.3 is 0 Å². The van der Waals surface area contributed by atoms with Crippen molar-refractivity contribution in [3.8, 4) is 0 Å². The molecule has 0 amide bonds. The van der Waals surface area contributed by atoms with Gasteiger partial charge in [0.1, 0.15) is 6.33 Å². The van der Waals surface area contributed by atoms with Gasteiger partial charge in [-0.05, 0) is 30.2 Å². The molecule has 3 aromatic rings. The number of rotatable bonds is 5. The summed E-state index contributed by atoms with van der Waals surface area (Å²) >= 11 is 13.5. The summed E-state index contributed by atoms with van der Waals surface area (Å²) in [4.78, 5) is 0. The summed E-state index contributed by atoms with van der Waals surface area (Å²) in [5.41, 5.74) is 3.33. The van der Waals surface area contributed by atoms with Crippen LogP contribution in [-0.2, 0) is 5.75 Å². The highest BCUT2D eigenvalue weighted by Crippen LogP contribution is 2.23. The van der Waals surface area contributed by atoms with Gasteiger partial charge in [0.05, 0.1) is 16.3 Å². The van der Waals surface area contributed by atoms with Crippen molar-refractivity contribution in [2.75, 3.05) is 0 Å². The molecule has 1 aromatic heterocycles. The maximum atomic E-state index is 6.01. The van der Waals surface area contributed by atoms with Crippen molar-refractivity contribution >= 4 is 41.2 Å². The highest BCUT2D eigenvalue weighted by atomic mass is 35.5. The first-order chi connectivity index (χ1) is 11.6. The highest BCUT2D eigenvalue weighted by molar-refractivity contribution is 7.98. The van der Waals surface area contributed by atoms with Gasteiger partial charge in [-0.15, -0.1) is 10.2 Å². The molecule has 24 heavy (non-hydrogen) atoms. The molecule has 0 spiro atoms. The fourth-order valence-corrected chi connectivity index (χ4v) is 3.07. The van der Waals surface area contributed by atoms with Crippen LogP contribution in [0.2, 0.25) is 10.0 Å². The predicted octanol–water partition coefficient (Wildman–Crippen LogP) is 5.07. The lowest BCUT2D eigenvalue weighted by Crippen LogP contribution is -1.93. The van der Waals surface area contributed by atoms with Crippen LogP contribution in [-0.4, -0.2) is 21.1 Å². The first kappa shape index (κ1) is 17.0. The van der Waals surface area contributed by atoms with Crippen molar-refractivity contribution in [3.63, 3.8) is 0 Å². The van der Waals surface area contributed by atoms with Gasteiger partial charge in [-0.25, -0.2) is 0 Å². The van der Waals surface area contributed by atoms with Crippen molar-refractivity contribution in [2.24, 2.45) is 5.10 Å². The second kappa shape index (κ2) is 7.83. The molecule has 0 unspecified atom stereocenters. The lowest BCUT2D eigenvalue weighted by atomic mass is 10.2. The summed E-state index contributed by atoms with van der Waals surface area (Å²) in [6.07, 6.45) is 3.27. The number of hydrogen-bond acceptors (Lipinski definition) is 4. The predicted molar refractivity (Wildman–Crippen MR) is 100 cm³/mol. The molecule has 7 heteroatoms. The van der Waals surface area contributed by atoms with Crippen molar-refractivity contribution < 1.29 is 0 Å². The third-order valence-electron chi connectivity index (χ3n) is 3.26. The second-order valence-corrected chi connectivity index (χ2v) is 6.91. The molecule has 0 saturated carbocycles. The van der Waals surface area contributed by atoms with Crippen LogP contribution in [0.1, 0.15) is 16.7 Å². The lowest BCUT2D eigenvalue weighted by Gasteiger charge is -2.02. The van der Waals surface area contributed by atoms with Crippen LogP contribution in [0.3, 0.4) is 0 Å². The lowest BCUT2D eigenvalue weighted by molar-refractivity contribution is 0.767. The number of nitrogens with zero attached hydrogens (tertiary/aromatic N) is 4. The molecule has 0 N–H and O–H groups in total. The van der Waals surface area contributed by atoms with Gasteiger partial charge in [0.25, 0.3) is 0 Å². The van der Waals surface area contributed by atoms with E-state index in [2.05, 4.69) is 46.5 Å². The number of halogens is 2. The van der Waals surface area contributed by atoms with Gasteiger partial charge in [0.15, 0.2) is 0 Å². The molecule has 0 aliphatic heterocycles. The summed E-state index contributed by atoms with van der Waals surface area (Å²) in [5, 5.41) is 14.2. The van der Waals surface area contributed by atoms with Crippen LogP contribution in [0, 0.1) is 6.92 Å². The number of hydrogen-bond donors (Lipinski definition) is 0. The van der Waals surface area contributed by atoms with Gasteiger partial charge in [-0.1, -0.05) is 70.9 Å². The fraction of sp³-hybridized carbons (Fsp3) is 0.118. The Hall–Kier alpha value is -1.82. The summed E-state index contributed by atoms with van der Waals surface area (Å²) in [5.74, 6) is 0.807. The van der Waals surface area contributed by atoms with E-state index in [1.54, 1.807) is 41.1 Å². The molecule has 3 rings (SSSR count). The van der Waals surface area contributed by atoms with Crippen molar-refractivity contribution in [2.45, 2.75) is 17.8 Å². The number of thioether (sulfide) groups is 1. The van der Waals surface area contributed by atoms with E-state index in [4.69, 9.17) is 23.2 Å². The van der Waals surface area contributed by atoms with Crippen LogP contribution < -0.4 is 0 Å². The third-order valence-corrected chi connectivity index (χ3v) is 5.01. The summed E-state index contributed by atoms with van der Waals surface area (Å²) in [7, 11) is 0. The van der Waals surface area contributed by atoms with E-state index in [1.807, 2.05) is 6.07 Å². The van der Waals surface area contributed by atoms with Crippen LogP contribution in [0.25, 0.3) is 0 Å². The minimum absolute atomic E-state index is 0.498. The van der Waals surface area contributed by atoms with Crippen molar-refractivity contribution in [1.82, 2.24) is 14.9 Å². The Morgan fingerprint density at radius 1 is 1.12 bits per heavy atom. The van der Waals surface area contributed by atoms with Crippen LogP contribution >= 0.6 is 35.0 Å². The van der Waals surface area contributed by atoms with Gasteiger partial charge < -0.3 is 0 Å². The average Bonchev–Trinajstić information content (AvgIpc) is 3.03. The van der Waals surface area contributed by atoms with E-state index in [0.717, 1.165) is 16.5 Å². The molecular weight excluding hydrogens is 363 g/mol. The Balaban J connectivity index is 1.69. The smallest absolute Gasteiger partial charge is 0.195 e. The van der Waals surface area contributed by atoms with Crippen LogP contribution in [0.15, 0.2) is 59.0 Å². The zero-order chi connectivity index (χ0) is 16.9. The maximum Gasteiger partial charge on any atom is 0.212 e. The number of aromatic nitrogens is 3. The Labute approximate surface area is 154 Å². The molecule has 122 valence electrons. The second-order valence-electron chi connectivity index (χ2n) is 5.15. The Kier molecular flexibility index (Phi) is 5.56. The third kappa shape index (κ3) is 4.38. The first-order valence-electron chi connectivity index (χ1n) is 7.19. The average molecular weight is 377 g/mol. The largest absolute Gasteiger partial charge is 0.212 e. The van der Waals surface area contributed by atoms with Gasteiger partial charge in [0.2, 0.25) is 5.16 Å². The molecule has 0 fully saturated rings. The van der Waals surface area contributed by atoms with Crippen LogP contribution in [0.4, 0.5) is 0 Å². The molecule has 0 aliphatic carbocycles. The zero-order valence-electron chi connectivity index (χ0n) is 12.9. The summed E-state index contributed by atoms with van der Waals surface area (Å²) < 4.78 is 1.64. The molecular formula is C17H14Cl2N4S. The SMILES string of the molecule is Cc1ccc(CSc2nncn2/N=C/c2ccc(Cl)c(Cl)c2)cc1. The Morgan fingerprint density at radius 2 is 1.92 bits per heavy atom. The van der Waals surface area contributed by atoms with Gasteiger partial charge in [0, 0.05) is 5.75 Å². The normalized spacial score (nSPS) is 11.3. The minimum atomic E-state index is 0.498. The molecule has 0 aliphatic rings. The van der Waals surface area contributed by atoms with E-state index in [-0.39, 0.29) is 0 Å². The monoisotopic (exact) mass is 376 g/mol. The molecule has 0 atom stereocenters. The van der Waals surface area contributed by atoms with E-state index >= 15 is 0 Å². The molecule has 0 saturated heterocycles. The molecule has 0 radical (unpaired) electrons. The van der Waals surface area contributed by atoms with E-state index in [1.165, 1.54) is 11.1 Å². The molecule has 0 bridgehead atoms. The molecule has 4 nitrogen and oxygen atoms in total. The summed E-state index contributed by atoms with van der Waals surface area (Å²) in [6, 6.07) is 13.8. The Bertz CT molecular complexity index is 859. The summed E-state index contributed by atoms with van der Waals surface area (Å²) in [6.45, 7) is 2.07. The molecule has 2 aromatic carbocycles. The fourth-order valence-electron chi connectivity index (χ4n) is 1.95. The topological polar surface area (TPSA) is 43.1 Å². The number of benzene rings is 2. The maximum absolute atomic E-state index is 6.01. The standard InChI is InChI=1S/C17H14Cl2N4S/c1-12-2-4-13(5-3-12)10-24-17-22-20-11-23(17)21-9-14-6-7-15(18)16(19)8-14/h2-9,11H,10H2,1H3/b21-9+.